The molecule has 1 atom stereocenters. The summed E-state index contributed by atoms with van der Waals surface area (Å²) in [5, 5.41) is 0. The van der Waals surface area contributed by atoms with E-state index in [0.29, 0.717) is 0 Å². The molecule has 2 aromatic rings. The van der Waals surface area contributed by atoms with Gasteiger partial charge in [0.2, 0.25) is 0 Å². The molecule has 2 heteroatoms. The van der Waals surface area contributed by atoms with Gasteiger partial charge in [0.25, 0.3) is 0 Å². The van der Waals surface area contributed by atoms with Crippen molar-refractivity contribution >= 4 is 5.69 Å². The number of rotatable bonds is 4. The molecule has 0 amide bonds. The summed E-state index contributed by atoms with van der Waals surface area (Å²) in [5.74, 6) is 0. The van der Waals surface area contributed by atoms with Gasteiger partial charge in [0.15, 0.2) is 0 Å². The Bertz CT molecular complexity index is 656. The molecular weight excluding hydrogens is 282 g/mol. The SMILES string of the molecule is C=C(C)C(C)(c1ccccc1)c1ccc(N2CCOCC2)cc1. The quantitative estimate of drug-likeness (QED) is 0.776. The zero-order valence-electron chi connectivity index (χ0n) is 14.1. The lowest BCUT2D eigenvalue weighted by molar-refractivity contribution is 0.122. The molecule has 0 saturated carbocycles. The standard InChI is InChI=1S/C21H25NO/c1-17(2)21(3,18-7-5-4-6-8-18)19-9-11-20(12-10-19)22-13-15-23-16-14-22/h4-12H,1,13-16H2,2-3H3. The molecule has 2 aromatic carbocycles. The minimum Gasteiger partial charge on any atom is -0.378 e. The van der Waals surface area contributed by atoms with Crippen LogP contribution < -0.4 is 4.90 Å². The zero-order valence-corrected chi connectivity index (χ0v) is 14.1. The van der Waals surface area contributed by atoms with E-state index >= 15 is 0 Å². The van der Waals surface area contributed by atoms with Crippen LogP contribution in [0.4, 0.5) is 5.69 Å². The molecule has 1 aliphatic rings. The third-order valence-electron chi connectivity index (χ3n) is 5.03. The maximum atomic E-state index is 5.44. The van der Waals surface area contributed by atoms with Crippen LogP contribution in [-0.2, 0) is 10.2 Å². The van der Waals surface area contributed by atoms with Gasteiger partial charge in [-0.05, 0) is 37.1 Å². The average Bonchev–Trinajstić information content (AvgIpc) is 2.62. The van der Waals surface area contributed by atoms with Crippen LogP contribution in [0.25, 0.3) is 0 Å². The monoisotopic (exact) mass is 307 g/mol. The average molecular weight is 307 g/mol. The largest absolute Gasteiger partial charge is 0.378 e. The first-order valence-corrected chi connectivity index (χ1v) is 8.27. The summed E-state index contributed by atoms with van der Waals surface area (Å²) in [7, 11) is 0. The van der Waals surface area contributed by atoms with E-state index in [1.165, 1.54) is 16.8 Å². The Morgan fingerprint density at radius 3 is 2.09 bits per heavy atom. The Morgan fingerprint density at radius 2 is 1.52 bits per heavy atom. The summed E-state index contributed by atoms with van der Waals surface area (Å²) < 4.78 is 5.44. The first-order chi connectivity index (χ1) is 11.1. The van der Waals surface area contributed by atoms with Crippen molar-refractivity contribution in [2.75, 3.05) is 31.2 Å². The van der Waals surface area contributed by atoms with Crippen molar-refractivity contribution in [2.45, 2.75) is 19.3 Å². The maximum Gasteiger partial charge on any atom is 0.0642 e. The lowest BCUT2D eigenvalue weighted by atomic mass is 9.72. The molecule has 120 valence electrons. The molecule has 1 aliphatic heterocycles. The summed E-state index contributed by atoms with van der Waals surface area (Å²) >= 11 is 0. The van der Waals surface area contributed by atoms with Gasteiger partial charge in [-0.15, -0.1) is 0 Å². The van der Waals surface area contributed by atoms with Gasteiger partial charge in [-0.3, -0.25) is 0 Å². The van der Waals surface area contributed by atoms with Gasteiger partial charge in [0, 0.05) is 24.2 Å². The molecule has 0 radical (unpaired) electrons. The molecule has 1 heterocycles. The number of morpholine rings is 1. The van der Waals surface area contributed by atoms with Crippen LogP contribution in [0.5, 0.6) is 0 Å². The maximum absolute atomic E-state index is 5.44. The molecule has 0 bridgehead atoms. The first-order valence-electron chi connectivity index (χ1n) is 8.27. The smallest absolute Gasteiger partial charge is 0.0642 e. The lowest BCUT2D eigenvalue weighted by Gasteiger charge is -2.33. The highest BCUT2D eigenvalue weighted by atomic mass is 16.5. The van der Waals surface area contributed by atoms with E-state index in [1.807, 2.05) is 0 Å². The van der Waals surface area contributed by atoms with E-state index in [0.717, 1.165) is 31.9 Å². The summed E-state index contributed by atoms with van der Waals surface area (Å²) in [6.45, 7) is 12.2. The minimum atomic E-state index is -0.162. The minimum absolute atomic E-state index is 0.162. The van der Waals surface area contributed by atoms with Crippen LogP contribution in [-0.4, -0.2) is 26.3 Å². The summed E-state index contributed by atoms with van der Waals surface area (Å²) in [6, 6.07) is 19.6. The first kappa shape index (κ1) is 15.8. The Kier molecular flexibility index (Phi) is 4.53. The molecule has 1 fully saturated rings. The van der Waals surface area contributed by atoms with Crippen LogP contribution in [0.2, 0.25) is 0 Å². The molecular formula is C21H25NO. The van der Waals surface area contributed by atoms with Crippen molar-refractivity contribution in [2.24, 2.45) is 0 Å². The predicted octanol–water partition coefficient (Wildman–Crippen LogP) is 4.41. The van der Waals surface area contributed by atoms with E-state index in [4.69, 9.17) is 4.74 Å². The molecule has 1 unspecified atom stereocenters. The third kappa shape index (κ3) is 3.04. The van der Waals surface area contributed by atoms with Crippen molar-refractivity contribution in [3.63, 3.8) is 0 Å². The van der Waals surface area contributed by atoms with E-state index in [2.05, 4.69) is 79.9 Å². The topological polar surface area (TPSA) is 12.5 Å². The molecule has 0 aromatic heterocycles. The highest BCUT2D eigenvalue weighted by Gasteiger charge is 2.29. The van der Waals surface area contributed by atoms with Gasteiger partial charge in [0.1, 0.15) is 0 Å². The number of allylic oxidation sites excluding steroid dienone is 1. The number of nitrogens with zero attached hydrogens (tertiary/aromatic N) is 1. The summed E-state index contributed by atoms with van der Waals surface area (Å²) in [6.07, 6.45) is 0. The zero-order chi connectivity index (χ0) is 16.3. The van der Waals surface area contributed by atoms with Gasteiger partial charge >= 0.3 is 0 Å². The van der Waals surface area contributed by atoms with Crippen LogP contribution in [0.1, 0.15) is 25.0 Å². The molecule has 23 heavy (non-hydrogen) atoms. The van der Waals surface area contributed by atoms with Crippen molar-refractivity contribution in [1.82, 2.24) is 0 Å². The second kappa shape index (κ2) is 6.59. The fraction of sp³-hybridized carbons (Fsp3) is 0.333. The highest BCUT2D eigenvalue weighted by Crippen LogP contribution is 2.38. The van der Waals surface area contributed by atoms with Crippen molar-refractivity contribution in [3.8, 4) is 0 Å². The number of benzene rings is 2. The fourth-order valence-corrected chi connectivity index (χ4v) is 3.26. The second-order valence-corrected chi connectivity index (χ2v) is 6.42. The molecule has 0 N–H and O–H groups in total. The van der Waals surface area contributed by atoms with Gasteiger partial charge in [0.05, 0.1) is 13.2 Å². The molecule has 0 aliphatic carbocycles. The Hall–Kier alpha value is -2.06. The summed E-state index contributed by atoms with van der Waals surface area (Å²) in [4.78, 5) is 2.38. The third-order valence-corrected chi connectivity index (χ3v) is 5.03. The van der Waals surface area contributed by atoms with Crippen LogP contribution in [0, 0.1) is 0 Å². The highest BCUT2D eigenvalue weighted by molar-refractivity contribution is 5.53. The predicted molar refractivity (Wildman–Crippen MR) is 97.2 cm³/mol. The van der Waals surface area contributed by atoms with Gasteiger partial charge < -0.3 is 9.64 Å². The molecule has 2 nitrogen and oxygen atoms in total. The second-order valence-electron chi connectivity index (χ2n) is 6.42. The van der Waals surface area contributed by atoms with Crippen LogP contribution >= 0.6 is 0 Å². The van der Waals surface area contributed by atoms with Crippen molar-refractivity contribution in [3.05, 3.63) is 77.9 Å². The normalized spacial score (nSPS) is 17.6. The van der Waals surface area contributed by atoms with Crippen LogP contribution in [0.3, 0.4) is 0 Å². The number of anilines is 1. The van der Waals surface area contributed by atoms with E-state index in [1.54, 1.807) is 0 Å². The molecule has 0 spiro atoms. The van der Waals surface area contributed by atoms with Gasteiger partial charge in [-0.25, -0.2) is 0 Å². The number of hydrogen-bond acceptors (Lipinski definition) is 2. The van der Waals surface area contributed by atoms with Crippen molar-refractivity contribution in [1.29, 1.82) is 0 Å². The van der Waals surface area contributed by atoms with E-state index in [-0.39, 0.29) is 5.41 Å². The fourth-order valence-electron chi connectivity index (χ4n) is 3.26. The molecule has 3 rings (SSSR count). The summed E-state index contributed by atoms with van der Waals surface area (Å²) in [5.41, 5.74) is 4.84. The van der Waals surface area contributed by atoms with Crippen LogP contribution in [0.15, 0.2) is 66.7 Å². The molecule has 1 saturated heterocycles. The van der Waals surface area contributed by atoms with E-state index < -0.39 is 0 Å². The Morgan fingerprint density at radius 1 is 0.957 bits per heavy atom. The number of ether oxygens (including phenoxy) is 1. The van der Waals surface area contributed by atoms with Crippen molar-refractivity contribution < 1.29 is 4.74 Å². The Labute approximate surface area is 139 Å². The van der Waals surface area contributed by atoms with Gasteiger partial charge in [-0.1, -0.05) is 54.6 Å². The Balaban J connectivity index is 1.93. The van der Waals surface area contributed by atoms with E-state index in [9.17, 15) is 0 Å². The number of hydrogen-bond donors (Lipinski definition) is 0. The lowest BCUT2D eigenvalue weighted by Crippen LogP contribution is -2.36. The van der Waals surface area contributed by atoms with Gasteiger partial charge in [-0.2, -0.15) is 0 Å².